The molecule has 0 saturated carbocycles. The molecular weight excluding hydrogens is 194 g/mol. The second kappa shape index (κ2) is 5.36. The van der Waals surface area contributed by atoms with Crippen LogP contribution < -0.4 is 10.5 Å². The summed E-state index contributed by atoms with van der Waals surface area (Å²) in [6, 6.07) is 5.02. The SMILES string of the molecule is Cc1ccc(C(=O)O)c(OCCCN)c1. The molecule has 0 spiro atoms. The van der Waals surface area contributed by atoms with Gasteiger partial charge in [-0.2, -0.15) is 0 Å². The van der Waals surface area contributed by atoms with Gasteiger partial charge in [0.25, 0.3) is 0 Å². The number of benzene rings is 1. The predicted molar refractivity (Wildman–Crippen MR) is 57.3 cm³/mol. The highest BCUT2D eigenvalue weighted by atomic mass is 16.5. The van der Waals surface area contributed by atoms with Gasteiger partial charge in [0.1, 0.15) is 11.3 Å². The van der Waals surface area contributed by atoms with Crippen molar-refractivity contribution in [3.05, 3.63) is 29.3 Å². The van der Waals surface area contributed by atoms with Gasteiger partial charge >= 0.3 is 5.97 Å². The third-order valence-corrected chi connectivity index (χ3v) is 1.97. The molecule has 0 amide bonds. The van der Waals surface area contributed by atoms with Crippen LogP contribution in [0.15, 0.2) is 18.2 Å². The van der Waals surface area contributed by atoms with E-state index in [1.165, 1.54) is 0 Å². The third-order valence-electron chi connectivity index (χ3n) is 1.97. The van der Waals surface area contributed by atoms with Crippen LogP contribution in [-0.2, 0) is 0 Å². The van der Waals surface area contributed by atoms with Crippen molar-refractivity contribution in [3.8, 4) is 5.75 Å². The Kier molecular flexibility index (Phi) is 4.12. The standard InChI is InChI=1S/C11H15NO3/c1-8-3-4-9(11(13)14)10(7-8)15-6-2-5-12/h3-4,7H,2,5-6,12H2,1H3,(H,13,14). The van der Waals surface area contributed by atoms with Gasteiger partial charge in [0, 0.05) is 0 Å². The van der Waals surface area contributed by atoms with Gasteiger partial charge in [0.15, 0.2) is 0 Å². The Bertz CT molecular complexity index is 350. The molecule has 0 aromatic heterocycles. The van der Waals surface area contributed by atoms with E-state index in [1.807, 2.05) is 6.92 Å². The minimum absolute atomic E-state index is 0.192. The first-order valence-electron chi connectivity index (χ1n) is 4.82. The topological polar surface area (TPSA) is 72.5 Å². The zero-order valence-corrected chi connectivity index (χ0v) is 8.69. The average Bonchev–Trinajstić information content (AvgIpc) is 2.18. The van der Waals surface area contributed by atoms with Crippen LogP contribution in [0.5, 0.6) is 5.75 Å². The van der Waals surface area contributed by atoms with Crippen LogP contribution in [0.3, 0.4) is 0 Å². The fourth-order valence-electron chi connectivity index (χ4n) is 1.19. The van der Waals surface area contributed by atoms with Gasteiger partial charge in [-0.05, 0) is 37.6 Å². The summed E-state index contributed by atoms with van der Waals surface area (Å²) in [5, 5.41) is 8.91. The fourth-order valence-corrected chi connectivity index (χ4v) is 1.19. The van der Waals surface area contributed by atoms with E-state index in [-0.39, 0.29) is 5.56 Å². The number of aromatic carboxylic acids is 1. The predicted octanol–water partition coefficient (Wildman–Crippen LogP) is 1.42. The number of ether oxygens (including phenoxy) is 1. The molecule has 4 nitrogen and oxygen atoms in total. The fraction of sp³-hybridized carbons (Fsp3) is 0.364. The van der Waals surface area contributed by atoms with Crippen molar-refractivity contribution >= 4 is 5.97 Å². The molecular formula is C11H15NO3. The first-order chi connectivity index (χ1) is 7.15. The third kappa shape index (κ3) is 3.25. The molecule has 3 N–H and O–H groups in total. The minimum Gasteiger partial charge on any atom is -0.493 e. The summed E-state index contributed by atoms with van der Waals surface area (Å²) in [7, 11) is 0. The van der Waals surface area contributed by atoms with E-state index >= 15 is 0 Å². The van der Waals surface area contributed by atoms with Crippen molar-refractivity contribution in [3.63, 3.8) is 0 Å². The van der Waals surface area contributed by atoms with Crippen LogP contribution in [0, 0.1) is 6.92 Å². The number of hydrogen-bond acceptors (Lipinski definition) is 3. The van der Waals surface area contributed by atoms with Crippen LogP contribution in [0.25, 0.3) is 0 Å². The Labute approximate surface area is 88.7 Å². The molecule has 0 aliphatic heterocycles. The number of hydrogen-bond donors (Lipinski definition) is 2. The highest BCUT2D eigenvalue weighted by Gasteiger charge is 2.10. The molecule has 0 atom stereocenters. The first-order valence-corrected chi connectivity index (χ1v) is 4.82. The van der Waals surface area contributed by atoms with Crippen molar-refractivity contribution in [2.75, 3.05) is 13.2 Å². The summed E-state index contributed by atoms with van der Waals surface area (Å²) in [6.07, 6.45) is 0.715. The van der Waals surface area contributed by atoms with Crippen molar-refractivity contribution < 1.29 is 14.6 Å². The maximum atomic E-state index is 10.9. The summed E-state index contributed by atoms with van der Waals surface area (Å²) < 4.78 is 5.36. The summed E-state index contributed by atoms with van der Waals surface area (Å²) in [4.78, 5) is 10.9. The lowest BCUT2D eigenvalue weighted by molar-refractivity contribution is 0.0692. The molecule has 0 saturated heterocycles. The highest BCUT2D eigenvalue weighted by molar-refractivity contribution is 5.90. The largest absolute Gasteiger partial charge is 0.493 e. The molecule has 0 radical (unpaired) electrons. The van der Waals surface area contributed by atoms with E-state index in [0.29, 0.717) is 25.3 Å². The molecule has 1 rings (SSSR count). The van der Waals surface area contributed by atoms with Crippen molar-refractivity contribution in [2.45, 2.75) is 13.3 Å². The molecule has 1 aromatic rings. The zero-order chi connectivity index (χ0) is 11.3. The Balaban J connectivity index is 2.82. The maximum absolute atomic E-state index is 10.9. The van der Waals surface area contributed by atoms with Gasteiger partial charge in [0.2, 0.25) is 0 Å². The van der Waals surface area contributed by atoms with Gasteiger partial charge in [-0.15, -0.1) is 0 Å². The molecule has 0 aliphatic rings. The van der Waals surface area contributed by atoms with Crippen LogP contribution in [0.1, 0.15) is 22.3 Å². The molecule has 1 aromatic carbocycles. The molecule has 15 heavy (non-hydrogen) atoms. The summed E-state index contributed by atoms with van der Waals surface area (Å²) in [5.74, 6) is -0.561. The van der Waals surface area contributed by atoms with Crippen LogP contribution >= 0.6 is 0 Å². The van der Waals surface area contributed by atoms with E-state index in [4.69, 9.17) is 15.6 Å². The second-order valence-electron chi connectivity index (χ2n) is 3.30. The van der Waals surface area contributed by atoms with Gasteiger partial charge in [-0.25, -0.2) is 4.79 Å². The number of carboxylic acids is 1. The molecule has 0 heterocycles. The lowest BCUT2D eigenvalue weighted by Gasteiger charge is -2.09. The molecule has 4 heteroatoms. The molecule has 82 valence electrons. The van der Waals surface area contributed by atoms with E-state index in [2.05, 4.69) is 0 Å². The van der Waals surface area contributed by atoms with Crippen molar-refractivity contribution in [1.82, 2.24) is 0 Å². The molecule has 0 bridgehead atoms. The normalized spacial score (nSPS) is 10.0. The number of carboxylic acid groups (broad SMARTS) is 1. The lowest BCUT2D eigenvalue weighted by Crippen LogP contribution is -2.08. The number of rotatable bonds is 5. The minimum atomic E-state index is -0.974. The van der Waals surface area contributed by atoms with Crippen molar-refractivity contribution in [1.29, 1.82) is 0 Å². The number of aryl methyl sites for hydroxylation is 1. The van der Waals surface area contributed by atoms with Gasteiger partial charge in [0.05, 0.1) is 6.61 Å². The smallest absolute Gasteiger partial charge is 0.339 e. The second-order valence-corrected chi connectivity index (χ2v) is 3.30. The Hall–Kier alpha value is -1.55. The van der Waals surface area contributed by atoms with Crippen LogP contribution in [0.4, 0.5) is 0 Å². The van der Waals surface area contributed by atoms with E-state index < -0.39 is 5.97 Å². The zero-order valence-electron chi connectivity index (χ0n) is 8.69. The Morgan fingerprint density at radius 2 is 2.27 bits per heavy atom. The van der Waals surface area contributed by atoms with Crippen molar-refractivity contribution in [2.24, 2.45) is 5.73 Å². The van der Waals surface area contributed by atoms with Crippen LogP contribution in [-0.4, -0.2) is 24.2 Å². The number of nitrogens with two attached hydrogens (primary N) is 1. The molecule has 0 aliphatic carbocycles. The van der Waals surface area contributed by atoms with Gasteiger partial charge in [-0.1, -0.05) is 6.07 Å². The molecule has 0 unspecified atom stereocenters. The van der Waals surface area contributed by atoms with E-state index in [1.54, 1.807) is 18.2 Å². The average molecular weight is 209 g/mol. The first kappa shape index (κ1) is 11.5. The summed E-state index contributed by atoms with van der Waals surface area (Å²) in [6.45, 7) is 2.87. The lowest BCUT2D eigenvalue weighted by atomic mass is 10.1. The highest BCUT2D eigenvalue weighted by Crippen LogP contribution is 2.20. The Morgan fingerprint density at radius 3 is 2.87 bits per heavy atom. The maximum Gasteiger partial charge on any atom is 0.339 e. The Morgan fingerprint density at radius 1 is 1.53 bits per heavy atom. The van der Waals surface area contributed by atoms with Gasteiger partial charge in [-0.3, -0.25) is 0 Å². The summed E-state index contributed by atoms with van der Waals surface area (Å²) >= 11 is 0. The van der Waals surface area contributed by atoms with Crippen LogP contribution in [0.2, 0.25) is 0 Å². The molecule has 0 fully saturated rings. The summed E-state index contributed by atoms with van der Waals surface area (Å²) in [5.41, 5.74) is 6.49. The van der Waals surface area contributed by atoms with E-state index in [0.717, 1.165) is 5.56 Å². The number of carbonyl (C=O) groups is 1. The van der Waals surface area contributed by atoms with E-state index in [9.17, 15) is 4.79 Å². The quantitative estimate of drug-likeness (QED) is 0.719. The van der Waals surface area contributed by atoms with Gasteiger partial charge < -0.3 is 15.6 Å². The monoisotopic (exact) mass is 209 g/mol.